The highest BCUT2D eigenvalue weighted by atomic mass is 16.5. The summed E-state index contributed by atoms with van der Waals surface area (Å²) in [6.07, 6.45) is 5.16. The van der Waals surface area contributed by atoms with E-state index >= 15 is 0 Å². The van der Waals surface area contributed by atoms with Gasteiger partial charge in [-0.05, 0) is 50.6 Å². The van der Waals surface area contributed by atoms with Gasteiger partial charge in [0, 0.05) is 19.7 Å². The second kappa shape index (κ2) is 8.06. The summed E-state index contributed by atoms with van der Waals surface area (Å²) in [5.41, 5.74) is 5.63. The Morgan fingerprint density at radius 1 is 1.18 bits per heavy atom. The molecule has 0 aromatic rings. The van der Waals surface area contributed by atoms with Crippen molar-refractivity contribution >= 4 is 0 Å². The Balaban J connectivity index is 2.44. The molecule has 1 saturated carbocycles. The molecule has 0 bridgehead atoms. The molecule has 2 N–H and O–H groups in total. The van der Waals surface area contributed by atoms with Gasteiger partial charge in [-0.15, -0.1) is 0 Å². The zero-order chi connectivity index (χ0) is 12.7. The van der Waals surface area contributed by atoms with Gasteiger partial charge in [-0.1, -0.05) is 13.8 Å². The first-order valence-corrected chi connectivity index (χ1v) is 7.12. The van der Waals surface area contributed by atoms with Crippen LogP contribution in [0.5, 0.6) is 0 Å². The lowest BCUT2D eigenvalue weighted by molar-refractivity contribution is 0.0770. The molecule has 0 aliphatic heterocycles. The zero-order valence-electron chi connectivity index (χ0n) is 11.8. The van der Waals surface area contributed by atoms with E-state index < -0.39 is 0 Å². The van der Waals surface area contributed by atoms with E-state index in [1.807, 2.05) is 0 Å². The molecule has 0 aromatic heterocycles. The van der Waals surface area contributed by atoms with Crippen molar-refractivity contribution in [2.75, 3.05) is 33.4 Å². The van der Waals surface area contributed by atoms with E-state index in [2.05, 4.69) is 18.7 Å². The Kier molecular flexibility index (Phi) is 7.09. The zero-order valence-corrected chi connectivity index (χ0v) is 11.8. The first-order valence-electron chi connectivity index (χ1n) is 7.12. The molecule has 0 aromatic carbocycles. The molecule has 0 heterocycles. The third-order valence-corrected chi connectivity index (χ3v) is 4.32. The van der Waals surface area contributed by atoms with Gasteiger partial charge >= 0.3 is 0 Å². The van der Waals surface area contributed by atoms with E-state index in [0.29, 0.717) is 0 Å². The smallest absolute Gasteiger partial charge is 0.0589 e. The van der Waals surface area contributed by atoms with E-state index in [1.165, 1.54) is 19.3 Å². The van der Waals surface area contributed by atoms with Crippen molar-refractivity contribution < 1.29 is 4.74 Å². The average Bonchev–Trinajstić information content (AvgIpc) is 2.33. The first-order chi connectivity index (χ1) is 8.19. The molecule has 1 aliphatic rings. The van der Waals surface area contributed by atoms with Crippen molar-refractivity contribution in [1.29, 1.82) is 0 Å². The van der Waals surface area contributed by atoms with Gasteiger partial charge in [-0.3, -0.25) is 4.90 Å². The van der Waals surface area contributed by atoms with Gasteiger partial charge in [0.2, 0.25) is 0 Å². The molecule has 3 nitrogen and oxygen atoms in total. The third kappa shape index (κ3) is 4.94. The predicted molar refractivity (Wildman–Crippen MR) is 73.1 cm³/mol. The van der Waals surface area contributed by atoms with Crippen LogP contribution in [0.25, 0.3) is 0 Å². The predicted octanol–water partition coefficient (Wildman–Crippen LogP) is 2.11. The average molecular weight is 242 g/mol. The van der Waals surface area contributed by atoms with Crippen molar-refractivity contribution in [2.45, 2.75) is 45.6 Å². The largest absolute Gasteiger partial charge is 0.383 e. The maximum atomic E-state index is 5.63. The Hall–Kier alpha value is -0.120. The fourth-order valence-corrected chi connectivity index (χ4v) is 2.83. The third-order valence-electron chi connectivity index (χ3n) is 4.32. The number of hydrogen-bond donors (Lipinski definition) is 1. The van der Waals surface area contributed by atoms with E-state index in [-0.39, 0.29) is 0 Å². The SMILES string of the molecule is COCCN(CCCN)C1CCC(C)C(C)C1. The van der Waals surface area contributed by atoms with Crippen LogP contribution in [0.15, 0.2) is 0 Å². The second-order valence-electron chi connectivity index (χ2n) is 5.59. The Labute approximate surface area is 107 Å². The minimum absolute atomic E-state index is 0.753. The molecule has 1 aliphatic carbocycles. The Morgan fingerprint density at radius 3 is 2.53 bits per heavy atom. The highest BCUT2D eigenvalue weighted by Gasteiger charge is 2.28. The minimum atomic E-state index is 0.753. The molecule has 3 atom stereocenters. The number of ether oxygens (including phenoxy) is 1. The van der Waals surface area contributed by atoms with Gasteiger partial charge in [-0.25, -0.2) is 0 Å². The summed E-state index contributed by atoms with van der Waals surface area (Å²) in [7, 11) is 1.78. The van der Waals surface area contributed by atoms with Crippen LogP contribution in [0.4, 0.5) is 0 Å². The number of nitrogens with two attached hydrogens (primary N) is 1. The summed E-state index contributed by atoms with van der Waals surface area (Å²) < 4.78 is 5.22. The molecule has 17 heavy (non-hydrogen) atoms. The van der Waals surface area contributed by atoms with E-state index in [9.17, 15) is 0 Å². The summed E-state index contributed by atoms with van der Waals surface area (Å²) in [6, 6.07) is 0.753. The molecule has 3 heteroatoms. The van der Waals surface area contributed by atoms with Crippen molar-refractivity contribution in [3.05, 3.63) is 0 Å². The summed E-state index contributed by atoms with van der Waals surface area (Å²) in [5, 5.41) is 0. The van der Waals surface area contributed by atoms with Crippen LogP contribution in [0.1, 0.15) is 39.5 Å². The van der Waals surface area contributed by atoms with Crippen molar-refractivity contribution in [3.8, 4) is 0 Å². The maximum Gasteiger partial charge on any atom is 0.0589 e. The van der Waals surface area contributed by atoms with Crippen LogP contribution in [0.3, 0.4) is 0 Å². The van der Waals surface area contributed by atoms with Crippen LogP contribution >= 0.6 is 0 Å². The number of hydrogen-bond acceptors (Lipinski definition) is 3. The van der Waals surface area contributed by atoms with Crippen LogP contribution in [0, 0.1) is 11.8 Å². The molecule has 0 radical (unpaired) electrons. The summed E-state index contributed by atoms with van der Waals surface area (Å²) >= 11 is 0. The molecule has 1 fully saturated rings. The second-order valence-corrected chi connectivity index (χ2v) is 5.59. The topological polar surface area (TPSA) is 38.5 Å². The van der Waals surface area contributed by atoms with Crippen LogP contribution < -0.4 is 5.73 Å². The lowest BCUT2D eigenvalue weighted by Gasteiger charge is -2.39. The summed E-state index contributed by atoms with van der Waals surface area (Å²) in [4.78, 5) is 2.60. The molecular weight excluding hydrogens is 212 g/mol. The van der Waals surface area contributed by atoms with Gasteiger partial charge in [0.05, 0.1) is 6.61 Å². The standard InChI is InChI=1S/C14H30N2O/c1-12-5-6-14(11-13(12)2)16(8-4-7-15)9-10-17-3/h12-14H,4-11,15H2,1-3H3. The molecule has 0 saturated heterocycles. The van der Waals surface area contributed by atoms with Gasteiger partial charge < -0.3 is 10.5 Å². The molecule has 1 rings (SSSR count). The highest BCUT2D eigenvalue weighted by Crippen LogP contribution is 2.32. The Morgan fingerprint density at radius 2 is 1.94 bits per heavy atom. The fourth-order valence-electron chi connectivity index (χ4n) is 2.83. The molecule has 0 amide bonds. The van der Waals surface area contributed by atoms with Gasteiger partial charge in [0.15, 0.2) is 0 Å². The first kappa shape index (κ1) is 14.9. The number of methoxy groups -OCH3 is 1. The number of nitrogens with zero attached hydrogens (tertiary/aromatic N) is 1. The molecule has 102 valence electrons. The van der Waals surface area contributed by atoms with E-state index in [0.717, 1.165) is 50.5 Å². The lowest BCUT2D eigenvalue weighted by atomic mass is 9.78. The highest BCUT2D eigenvalue weighted by molar-refractivity contribution is 4.82. The lowest BCUT2D eigenvalue weighted by Crippen LogP contribution is -2.42. The van der Waals surface area contributed by atoms with Crippen LogP contribution in [-0.4, -0.2) is 44.3 Å². The fraction of sp³-hybridized carbons (Fsp3) is 1.00. The van der Waals surface area contributed by atoms with Crippen molar-refractivity contribution in [1.82, 2.24) is 4.90 Å². The summed E-state index contributed by atoms with van der Waals surface area (Å²) in [6.45, 7) is 8.61. The van der Waals surface area contributed by atoms with E-state index in [4.69, 9.17) is 10.5 Å². The normalized spacial score (nSPS) is 29.8. The van der Waals surface area contributed by atoms with Gasteiger partial charge in [0.25, 0.3) is 0 Å². The monoisotopic (exact) mass is 242 g/mol. The summed E-state index contributed by atoms with van der Waals surface area (Å²) in [5.74, 6) is 1.75. The maximum absolute atomic E-state index is 5.63. The van der Waals surface area contributed by atoms with Gasteiger partial charge in [0.1, 0.15) is 0 Å². The van der Waals surface area contributed by atoms with Crippen molar-refractivity contribution in [2.24, 2.45) is 17.6 Å². The van der Waals surface area contributed by atoms with Crippen LogP contribution in [-0.2, 0) is 4.74 Å². The molecule has 3 unspecified atom stereocenters. The minimum Gasteiger partial charge on any atom is -0.383 e. The van der Waals surface area contributed by atoms with Crippen molar-refractivity contribution in [3.63, 3.8) is 0 Å². The van der Waals surface area contributed by atoms with Crippen LogP contribution in [0.2, 0.25) is 0 Å². The number of rotatable bonds is 7. The quantitative estimate of drug-likeness (QED) is 0.743. The molecule has 0 spiro atoms. The Bertz CT molecular complexity index is 191. The van der Waals surface area contributed by atoms with E-state index in [1.54, 1.807) is 7.11 Å². The van der Waals surface area contributed by atoms with Gasteiger partial charge in [-0.2, -0.15) is 0 Å². The molecular formula is C14H30N2O.